The van der Waals surface area contributed by atoms with Crippen LogP contribution in [0.1, 0.15) is 18.1 Å². The third-order valence-corrected chi connectivity index (χ3v) is 4.66. The predicted molar refractivity (Wildman–Crippen MR) is 124 cm³/mol. The zero-order valence-corrected chi connectivity index (χ0v) is 19.2. The molecular weight excluding hydrogens is 469 g/mol. The third kappa shape index (κ3) is 4.45. The van der Waals surface area contributed by atoms with E-state index in [-0.39, 0.29) is 24.0 Å². The summed E-state index contributed by atoms with van der Waals surface area (Å²) in [5, 5.41) is 3.40. The standard InChI is InChI=1S/C21H27N3O3.HI/c1-5-22-21(24-13-12-15-8-6-7-9-17(15)24)23-14-16-10-11-18(25-2)20(27-4)19(16)26-3;/h6-11H,5,12-14H2,1-4H3,(H,22,23);1H. The van der Waals surface area contributed by atoms with Crippen LogP contribution in [0.5, 0.6) is 17.2 Å². The van der Waals surface area contributed by atoms with Crippen molar-refractivity contribution >= 4 is 35.6 Å². The number of hydrogen-bond acceptors (Lipinski definition) is 4. The Morgan fingerprint density at radius 1 is 1.04 bits per heavy atom. The maximum atomic E-state index is 5.58. The summed E-state index contributed by atoms with van der Waals surface area (Å²) in [5.41, 5.74) is 3.52. The molecule has 152 valence electrons. The van der Waals surface area contributed by atoms with E-state index in [4.69, 9.17) is 19.2 Å². The van der Waals surface area contributed by atoms with E-state index in [9.17, 15) is 0 Å². The van der Waals surface area contributed by atoms with E-state index in [1.807, 2.05) is 12.1 Å². The van der Waals surface area contributed by atoms with Crippen molar-refractivity contribution in [2.45, 2.75) is 19.9 Å². The van der Waals surface area contributed by atoms with Crippen LogP contribution in [0.15, 0.2) is 41.4 Å². The van der Waals surface area contributed by atoms with Crippen LogP contribution in [0, 0.1) is 0 Å². The van der Waals surface area contributed by atoms with Gasteiger partial charge in [-0.05, 0) is 37.1 Å². The molecule has 2 aromatic rings. The molecule has 2 aromatic carbocycles. The highest BCUT2D eigenvalue weighted by molar-refractivity contribution is 14.0. The first kappa shape index (κ1) is 22.1. The van der Waals surface area contributed by atoms with Crippen molar-refractivity contribution in [3.8, 4) is 17.2 Å². The fourth-order valence-electron chi connectivity index (χ4n) is 3.40. The molecule has 1 aliphatic rings. The number of para-hydroxylation sites is 1. The molecule has 0 bridgehead atoms. The minimum absolute atomic E-state index is 0. The van der Waals surface area contributed by atoms with Gasteiger partial charge in [0.1, 0.15) is 0 Å². The topological polar surface area (TPSA) is 55.3 Å². The molecule has 0 saturated carbocycles. The van der Waals surface area contributed by atoms with Crippen molar-refractivity contribution in [3.63, 3.8) is 0 Å². The number of guanidine groups is 1. The van der Waals surface area contributed by atoms with Gasteiger partial charge in [0.25, 0.3) is 0 Å². The number of hydrogen-bond donors (Lipinski definition) is 1. The molecule has 0 atom stereocenters. The summed E-state index contributed by atoms with van der Waals surface area (Å²) in [7, 11) is 4.86. The fourth-order valence-corrected chi connectivity index (χ4v) is 3.40. The van der Waals surface area contributed by atoms with Gasteiger partial charge >= 0.3 is 0 Å². The van der Waals surface area contributed by atoms with Crippen LogP contribution in [-0.2, 0) is 13.0 Å². The van der Waals surface area contributed by atoms with Crippen LogP contribution >= 0.6 is 24.0 Å². The van der Waals surface area contributed by atoms with Crippen LogP contribution in [-0.4, -0.2) is 40.4 Å². The van der Waals surface area contributed by atoms with Gasteiger partial charge in [-0.1, -0.05) is 18.2 Å². The lowest BCUT2D eigenvalue weighted by Gasteiger charge is -2.22. The van der Waals surface area contributed by atoms with Gasteiger partial charge in [0.2, 0.25) is 5.75 Å². The van der Waals surface area contributed by atoms with Crippen LogP contribution in [0.2, 0.25) is 0 Å². The van der Waals surface area contributed by atoms with Gasteiger partial charge in [-0.25, -0.2) is 4.99 Å². The lowest BCUT2D eigenvalue weighted by Crippen LogP contribution is -2.40. The van der Waals surface area contributed by atoms with Crippen molar-refractivity contribution in [2.75, 3.05) is 39.3 Å². The summed E-state index contributed by atoms with van der Waals surface area (Å²) in [6.07, 6.45) is 1.03. The summed E-state index contributed by atoms with van der Waals surface area (Å²) in [6.45, 7) is 4.29. The number of halogens is 1. The minimum atomic E-state index is 0. The monoisotopic (exact) mass is 497 g/mol. The Morgan fingerprint density at radius 3 is 2.46 bits per heavy atom. The largest absolute Gasteiger partial charge is 0.493 e. The second-order valence-electron chi connectivity index (χ2n) is 6.19. The minimum Gasteiger partial charge on any atom is -0.493 e. The molecule has 1 heterocycles. The Hall–Kier alpha value is -2.16. The number of nitrogens with one attached hydrogen (secondary N) is 1. The van der Waals surface area contributed by atoms with Crippen LogP contribution in [0.3, 0.4) is 0 Å². The lowest BCUT2D eigenvalue weighted by molar-refractivity contribution is 0.322. The Kier molecular flexibility index (Phi) is 8.22. The van der Waals surface area contributed by atoms with Gasteiger partial charge < -0.3 is 24.4 Å². The third-order valence-electron chi connectivity index (χ3n) is 4.66. The normalized spacial score (nSPS) is 12.9. The number of aliphatic imine (C=N–C) groups is 1. The molecule has 28 heavy (non-hydrogen) atoms. The number of nitrogens with zero attached hydrogens (tertiary/aromatic N) is 2. The summed E-state index contributed by atoms with van der Waals surface area (Å²) < 4.78 is 16.4. The van der Waals surface area contributed by atoms with E-state index in [0.717, 1.165) is 31.0 Å². The maximum Gasteiger partial charge on any atom is 0.203 e. The van der Waals surface area contributed by atoms with E-state index in [0.29, 0.717) is 23.8 Å². The maximum absolute atomic E-state index is 5.58. The molecular formula is C21H28IN3O3. The molecule has 0 fully saturated rings. The summed E-state index contributed by atoms with van der Waals surface area (Å²) >= 11 is 0. The van der Waals surface area contributed by atoms with Crippen molar-refractivity contribution in [1.82, 2.24) is 5.32 Å². The Labute approximate surface area is 183 Å². The molecule has 7 heteroatoms. The fraction of sp³-hybridized carbons (Fsp3) is 0.381. The summed E-state index contributed by atoms with van der Waals surface area (Å²) in [5.74, 6) is 2.75. The van der Waals surface area contributed by atoms with Crippen molar-refractivity contribution in [1.29, 1.82) is 0 Å². The van der Waals surface area contributed by atoms with Crippen molar-refractivity contribution in [3.05, 3.63) is 47.5 Å². The molecule has 0 aromatic heterocycles. The second kappa shape index (κ2) is 10.4. The highest BCUT2D eigenvalue weighted by Crippen LogP contribution is 2.40. The quantitative estimate of drug-likeness (QED) is 0.373. The van der Waals surface area contributed by atoms with Gasteiger partial charge in [0.15, 0.2) is 17.5 Å². The number of rotatable bonds is 6. The molecule has 0 radical (unpaired) electrons. The molecule has 0 amide bonds. The molecule has 0 saturated heterocycles. The van der Waals surface area contributed by atoms with Crippen LogP contribution < -0.4 is 24.4 Å². The number of fused-ring (bicyclic) bond motifs is 1. The number of benzene rings is 2. The predicted octanol–water partition coefficient (Wildman–Crippen LogP) is 3.86. The van der Waals surface area contributed by atoms with Gasteiger partial charge in [-0.2, -0.15) is 0 Å². The highest BCUT2D eigenvalue weighted by atomic mass is 127. The Balaban J connectivity index is 0.00000280. The van der Waals surface area contributed by atoms with Crippen molar-refractivity contribution < 1.29 is 14.2 Å². The van der Waals surface area contributed by atoms with Gasteiger partial charge in [-0.3, -0.25) is 0 Å². The smallest absolute Gasteiger partial charge is 0.203 e. The molecule has 3 rings (SSSR count). The number of anilines is 1. The average Bonchev–Trinajstić information content (AvgIpc) is 3.14. The number of ether oxygens (including phenoxy) is 3. The van der Waals surface area contributed by atoms with Crippen molar-refractivity contribution in [2.24, 2.45) is 4.99 Å². The first-order valence-electron chi connectivity index (χ1n) is 9.15. The first-order chi connectivity index (χ1) is 13.2. The first-order valence-corrected chi connectivity index (χ1v) is 9.15. The van der Waals surface area contributed by atoms with Crippen LogP contribution in [0.4, 0.5) is 5.69 Å². The SMILES string of the molecule is CCNC(=NCc1ccc(OC)c(OC)c1OC)N1CCc2ccccc21.I. The Bertz CT molecular complexity index is 827. The lowest BCUT2D eigenvalue weighted by atomic mass is 10.1. The van der Waals surface area contributed by atoms with Gasteiger partial charge in [-0.15, -0.1) is 24.0 Å². The zero-order chi connectivity index (χ0) is 19.2. The molecule has 1 aliphatic heterocycles. The Morgan fingerprint density at radius 2 is 1.79 bits per heavy atom. The zero-order valence-electron chi connectivity index (χ0n) is 16.8. The molecule has 0 spiro atoms. The summed E-state index contributed by atoms with van der Waals surface area (Å²) in [4.78, 5) is 7.10. The van der Waals surface area contributed by atoms with E-state index < -0.39 is 0 Å². The van der Waals surface area contributed by atoms with Crippen LogP contribution in [0.25, 0.3) is 0 Å². The average molecular weight is 497 g/mol. The molecule has 0 unspecified atom stereocenters. The molecule has 6 nitrogen and oxygen atoms in total. The van der Waals surface area contributed by atoms with E-state index in [1.165, 1.54) is 11.3 Å². The molecule has 1 N–H and O–H groups in total. The van der Waals surface area contributed by atoms with E-state index >= 15 is 0 Å². The van der Waals surface area contributed by atoms with Gasteiger partial charge in [0, 0.05) is 24.3 Å². The number of methoxy groups -OCH3 is 3. The second-order valence-corrected chi connectivity index (χ2v) is 6.19. The van der Waals surface area contributed by atoms with E-state index in [2.05, 4.69) is 41.4 Å². The van der Waals surface area contributed by atoms with Gasteiger partial charge in [0.05, 0.1) is 27.9 Å². The van der Waals surface area contributed by atoms with E-state index in [1.54, 1.807) is 21.3 Å². The summed E-state index contributed by atoms with van der Waals surface area (Å²) in [6, 6.07) is 12.3. The molecule has 0 aliphatic carbocycles. The highest BCUT2D eigenvalue weighted by Gasteiger charge is 2.23.